The van der Waals surface area contributed by atoms with Crippen LogP contribution in [-0.4, -0.2) is 24.1 Å². The summed E-state index contributed by atoms with van der Waals surface area (Å²) in [4.78, 5) is 8.41. The van der Waals surface area contributed by atoms with Crippen LogP contribution in [0.15, 0.2) is 17.6 Å². The standard InChI is InChI=1S/C8H12ClN2SSi/c1-13(2)6-12-8-10-4-7(3-9)5-11-8/h4-5H,3,6H2,1-2H3. The van der Waals surface area contributed by atoms with Gasteiger partial charge in [0.25, 0.3) is 0 Å². The van der Waals surface area contributed by atoms with E-state index < -0.39 is 0 Å². The second-order valence-electron chi connectivity index (χ2n) is 3.00. The van der Waals surface area contributed by atoms with Gasteiger partial charge in [0.15, 0.2) is 5.16 Å². The summed E-state index contributed by atoms with van der Waals surface area (Å²) in [6.45, 7) is 4.57. The van der Waals surface area contributed by atoms with Crippen molar-refractivity contribution in [3.63, 3.8) is 0 Å². The van der Waals surface area contributed by atoms with Crippen molar-refractivity contribution >= 4 is 32.2 Å². The molecule has 0 fully saturated rings. The summed E-state index contributed by atoms with van der Waals surface area (Å²) < 4.78 is 0. The second-order valence-corrected chi connectivity index (χ2v) is 7.49. The van der Waals surface area contributed by atoms with Crippen LogP contribution in [0.5, 0.6) is 0 Å². The first-order valence-corrected chi connectivity index (χ1v) is 8.24. The SMILES string of the molecule is C[Si](C)CSc1ncc(CCl)cn1. The molecule has 0 aliphatic carbocycles. The predicted octanol–water partition coefficient (Wildman–Crippen LogP) is 2.60. The lowest BCUT2D eigenvalue weighted by atomic mass is 10.4. The summed E-state index contributed by atoms with van der Waals surface area (Å²) in [6, 6.07) is 0. The maximum Gasteiger partial charge on any atom is 0.187 e. The number of halogens is 1. The van der Waals surface area contributed by atoms with Gasteiger partial charge in [0.05, 0.1) is 14.7 Å². The van der Waals surface area contributed by atoms with Gasteiger partial charge in [-0.3, -0.25) is 0 Å². The number of rotatable bonds is 4. The van der Waals surface area contributed by atoms with E-state index >= 15 is 0 Å². The Kier molecular flexibility index (Phi) is 4.76. The fraction of sp³-hybridized carbons (Fsp3) is 0.500. The van der Waals surface area contributed by atoms with E-state index in [-0.39, 0.29) is 8.80 Å². The lowest BCUT2D eigenvalue weighted by molar-refractivity contribution is 0.948. The molecule has 0 bridgehead atoms. The van der Waals surface area contributed by atoms with Gasteiger partial charge < -0.3 is 0 Å². The van der Waals surface area contributed by atoms with Crippen molar-refractivity contribution in [3.05, 3.63) is 18.0 Å². The van der Waals surface area contributed by atoms with Crippen LogP contribution in [0.4, 0.5) is 0 Å². The molecule has 0 unspecified atom stereocenters. The third kappa shape index (κ3) is 4.11. The van der Waals surface area contributed by atoms with E-state index in [9.17, 15) is 0 Å². The zero-order valence-electron chi connectivity index (χ0n) is 7.75. The van der Waals surface area contributed by atoms with Crippen molar-refractivity contribution in [1.82, 2.24) is 9.97 Å². The molecule has 0 atom stereocenters. The molecule has 0 aliphatic rings. The highest BCUT2D eigenvalue weighted by Gasteiger charge is 2.01. The van der Waals surface area contributed by atoms with Crippen LogP contribution in [0, 0.1) is 0 Å². The Morgan fingerprint density at radius 1 is 1.38 bits per heavy atom. The number of thioether (sulfide) groups is 1. The first-order chi connectivity index (χ1) is 6.22. The average Bonchev–Trinajstić information content (AvgIpc) is 2.15. The van der Waals surface area contributed by atoms with E-state index in [1.54, 1.807) is 24.2 Å². The van der Waals surface area contributed by atoms with Crippen molar-refractivity contribution in [1.29, 1.82) is 0 Å². The van der Waals surface area contributed by atoms with E-state index in [1.807, 2.05) is 0 Å². The zero-order chi connectivity index (χ0) is 9.68. The van der Waals surface area contributed by atoms with Crippen LogP contribution >= 0.6 is 23.4 Å². The van der Waals surface area contributed by atoms with Gasteiger partial charge in [-0.1, -0.05) is 24.9 Å². The Bertz CT molecular complexity index is 253. The molecule has 0 saturated carbocycles. The van der Waals surface area contributed by atoms with Crippen LogP contribution in [0.3, 0.4) is 0 Å². The molecule has 0 aromatic carbocycles. The molecule has 1 heterocycles. The highest BCUT2D eigenvalue weighted by Crippen LogP contribution is 2.13. The third-order valence-electron chi connectivity index (χ3n) is 1.33. The summed E-state index contributed by atoms with van der Waals surface area (Å²) in [6.07, 6.45) is 3.58. The first kappa shape index (κ1) is 11.0. The van der Waals surface area contributed by atoms with Gasteiger partial charge in [-0.2, -0.15) is 0 Å². The van der Waals surface area contributed by atoms with Gasteiger partial charge >= 0.3 is 0 Å². The Morgan fingerprint density at radius 2 is 2.00 bits per heavy atom. The molecule has 1 radical (unpaired) electrons. The van der Waals surface area contributed by atoms with E-state index in [2.05, 4.69) is 23.1 Å². The van der Waals surface area contributed by atoms with Gasteiger partial charge in [-0.25, -0.2) is 9.97 Å². The fourth-order valence-corrected chi connectivity index (χ4v) is 2.76. The second kappa shape index (κ2) is 5.62. The lowest BCUT2D eigenvalue weighted by Gasteiger charge is -2.01. The first-order valence-electron chi connectivity index (χ1n) is 4.01. The highest BCUT2D eigenvalue weighted by atomic mass is 35.5. The number of aromatic nitrogens is 2. The maximum atomic E-state index is 5.63. The average molecular weight is 232 g/mol. The number of nitrogens with zero attached hydrogens (tertiary/aromatic N) is 2. The summed E-state index contributed by atoms with van der Waals surface area (Å²) >= 11 is 7.35. The Morgan fingerprint density at radius 3 is 2.46 bits per heavy atom. The minimum atomic E-state index is -0.191. The molecular formula is C8H12ClN2SSi. The van der Waals surface area contributed by atoms with Crippen LogP contribution < -0.4 is 0 Å². The maximum absolute atomic E-state index is 5.63. The Hall–Kier alpha value is -0.0631. The molecule has 0 spiro atoms. The lowest BCUT2D eigenvalue weighted by Crippen LogP contribution is -2.04. The molecule has 0 amide bonds. The molecule has 71 valence electrons. The molecule has 1 aromatic heterocycles. The zero-order valence-corrected chi connectivity index (χ0v) is 10.3. The molecule has 13 heavy (non-hydrogen) atoms. The van der Waals surface area contributed by atoms with E-state index in [1.165, 1.54) is 0 Å². The minimum absolute atomic E-state index is 0.191. The number of alkyl halides is 1. The molecule has 5 heteroatoms. The number of hydrogen-bond donors (Lipinski definition) is 0. The number of hydrogen-bond acceptors (Lipinski definition) is 3. The van der Waals surface area contributed by atoms with Crippen molar-refractivity contribution in [2.24, 2.45) is 0 Å². The van der Waals surface area contributed by atoms with Crippen molar-refractivity contribution in [3.8, 4) is 0 Å². The highest BCUT2D eigenvalue weighted by molar-refractivity contribution is 8.00. The van der Waals surface area contributed by atoms with Crippen molar-refractivity contribution < 1.29 is 0 Å². The fourth-order valence-electron chi connectivity index (χ4n) is 0.695. The van der Waals surface area contributed by atoms with Gasteiger partial charge in [0.1, 0.15) is 0 Å². The monoisotopic (exact) mass is 231 g/mol. The van der Waals surface area contributed by atoms with Gasteiger partial charge in [-0.05, 0) is 5.38 Å². The van der Waals surface area contributed by atoms with Crippen molar-refractivity contribution in [2.45, 2.75) is 24.1 Å². The van der Waals surface area contributed by atoms with Gasteiger partial charge in [0, 0.05) is 18.0 Å². The van der Waals surface area contributed by atoms with E-state index in [0.29, 0.717) is 5.88 Å². The minimum Gasteiger partial charge on any atom is -0.231 e. The van der Waals surface area contributed by atoms with Crippen molar-refractivity contribution in [2.75, 3.05) is 5.38 Å². The van der Waals surface area contributed by atoms with Crippen LogP contribution in [-0.2, 0) is 5.88 Å². The van der Waals surface area contributed by atoms with Gasteiger partial charge in [0.2, 0.25) is 0 Å². The predicted molar refractivity (Wildman–Crippen MR) is 59.8 cm³/mol. The van der Waals surface area contributed by atoms with Crippen LogP contribution in [0.25, 0.3) is 0 Å². The Balaban J connectivity index is 2.49. The summed E-state index contributed by atoms with van der Waals surface area (Å²) in [7, 11) is -0.191. The van der Waals surface area contributed by atoms with E-state index in [4.69, 9.17) is 11.6 Å². The van der Waals surface area contributed by atoms with Crippen LogP contribution in [0.1, 0.15) is 5.56 Å². The molecule has 0 N–H and O–H groups in total. The quantitative estimate of drug-likeness (QED) is 0.345. The summed E-state index contributed by atoms with van der Waals surface area (Å²) in [5.74, 6) is 0.488. The molecule has 0 aliphatic heterocycles. The topological polar surface area (TPSA) is 25.8 Å². The molecule has 2 nitrogen and oxygen atoms in total. The molecule has 1 rings (SSSR count). The Labute approximate surface area is 89.7 Å². The molecule has 0 saturated heterocycles. The van der Waals surface area contributed by atoms with Gasteiger partial charge in [-0.15, -0.1) is 11.6 Å². The largest absolute Gasteiger partial charge is 0.231 e. The molecular weight excluding hydrogens is 220 g/mol. The smallest absolute Gasteiger partial charge is 0.187 e. The summed E-state index contributed by atoms with van der Waals surface area (Å²) in [5, 5.41) is 2.02. The third-order valence-corrected chi connectivity index (χ3v) is 4.99. The normalized spacial score (nSPS) is 10.8. The summed E-state index contributed by atoms with van der Waals surface area (Å²) in [5.41, 5.74) is 0.976. The van der Waals surface area contributed by atoms with Crippen LogP contribution in [0.2, 0.25) is 13.1 Å². The molecule has 1 aromatic rings. The van der Waals surface area contributed by atoms with E-state index in [0.717, 1.165) is 16.1 Å².